The van der Waals surface area contributed by atoms with Crippen LogP contribution in [0.3, 0.4) is 0 Å². The van der Waals surface area contributed by atoms with Crippen LogP contribution in [0.15, 0.2) is 12.1 Å². The molecule has 3 unspecified atom stereocenters. The normalized spacial score (nSPS) is 29.5. The summed E-state index contributed by atoms with van der Waals surface area (Å²) in [5, 5.41) is 3.57. The van der Waals surface area contributed by atoms with Crippen molar-refractivity contribution in [2.45, 2.75) is 58.4 Å². The Balaban J connectivity index is 2.22. The highest BCUT2D eigenvalue weighted by Gasteiger charge is 2.39. The summed E-state index contributed by atoms with van der Waals surface area (Å²) in [7, 11) is 2.13. The fourth-order valence-corrected chi connectivity index (χ4v) is 4.56. The predicted octanol–water partition coefficient (Wildman–Crippen LogP) is 4.36. The van der Waals surface area contributed by atoms with Gasteiger partial charge in [0.2, 0.25) is 0 Å². The number of hydrogen-bond donors (Lipinski definition) is 1. The second-order valence-corrected chi connectivity index (χ2v) is 7.84. The second kappa shape index (κ2) is 5.34. The van der Waals surface area contributed by atoms with Crippen LogP contribution in [0.4, 0.5) is 0 Å². The van der Waals surface area contributed by atoms with E-state index in [-0.39, 0.29) is 0 Å². The lowest BCUT2D eigenvalue weighted by Crippen LogP contribution is -2.47. The quantitative estimate of drug-likeness (QED) is 0.856. The highest BCUT2D eigenvalue weighted by Crippen LogP contribution is 2.44. The van der Waals surface area contributed by atoms with E-state index in [1.165, 1.54) is 24.1 Å². The van der Waals surface area contributed by atoms with Crippen LogP contribution in [0, 0.1) is 18.8 Å². The molecule has 1 aromatic heterocycles. The average molecular weight is 265 g/mol. The van der Waals surface area contributed by atoms with Crippen LogP contribution in [0.5, 0.6) is 0 Å². The summed E-state index contributed by atoms with van der Waals surface area (Å²) in [6.07, 6.45) is 4.07. The molecule has 0 amide bonds. The lowest BCUT2D eigenvalue weighted by molar-refractivity contribution is 0.153. The summed E-state index contributed by atoms with van der Waals surface area (Å²) in [6, 6.07) is 5.28. The van der Waals surface area contributed by atoms with Gasteiger partial charge in [0.05, 0.1) is 0 Å². The number of aryl methyl sites for hydroxylation is 1. The Bertz CT molecular complexity index is 394. The van der Waals surface area contributed by atoms with Gasteiger partial charge in [0.15, 0.2) is 0 Å². The van der Waals surface area contributed by atoms with E-state index in [0.29, 0.717) is 11.5 Å². The van der Waals surface area contributed by atoms with Crippen LogP contribution in [0.1, 0.15) is 49.8 Å². The van der Waals surface area contributed by atoms with Crippen molar-refractivity contribution in [3.63, 3.8) is 0 Å². The maximum absolute atomic E-state index is 3.57. The molecule has 0 bridgehead atoms. The van der Waals surface area contributed by atoms with Gasteiger partial charge in [-0.2, -0.15) is 0 Å². The van der Waals surface area contributed by atoms with Crippen LogP contribution in [-0.4, -0.2) is 13.1 Å². The van der Waals surface area contributed by atoms with Gasteiger partial charge in [-0.25, -0.2) is 0 Å². The molecule has 1 saturated carbocycles. The smallest absolute Gasteiger partial charge is 0.0108 e. The van der Waals surface area contributed by atoms with E-state index in [1.807, 2.05) is 11.3 Å². The van der Waals surface area contributed by atoms with Crippen molar-refractivity contribution in [2.24, 2.45) is 11.8 Å². The molecule has 0 aliphatic heterocycles. The lowest BCUT2D eigenvalue weighted by Gasteiger charge is -2.44. The summed E-state index contributed by atoms with van der Waals surface area (Å²) >= 11 is 1.97. The molecule has 18 heavy (non-hydrogen) atoms. The third-order valence-corrected chi connectivity index (χ3v) is 6.13. The maximum atomic E-state index is 3.57. The highest BCUT2D eigenvalue weighted by atomic mass is 32.1. The number of thiophene rings is 1. The van der Waals surface area contributed by atoms with E-state index in [1.54, 1.807) is 4.88 Å². The molecular formula is C16H27NS. The van der Waals surface area contributed by atoms with Gasteiger partial charge in [0.25, 0.3) is 0 Å². The third kappa shape index (κ3) is 2.65. The van der Waals surface area contributed by atoms with Gasteiger partial charge in [-0.3, -0.25) is 0 Å². The van der Waals surface area contributed by atoms with Crippen LogP contribution >= 0.6 is 11.3 Å². The Kier molecular flexibility index (Phi) is 4.18. The minimum Gasteiger partial charge on any atom is -0.317 e. The fourth-order valence-electron chi connectivity index (χ4n) is 3.53. The zero-order valence-electron chi connectivity index (χ0n) is 12.4. The van der Waals surface area contributed by atoms with Gasteiger partial charge in [-0.1, -0.05) is 27.2 Å². The van der Waals surface area contributed by atoms with Crippen LogP contribution in [0.25, 0.3) is 0 Å². The molecule has 1 nitrogen and oxygen atoms in total. The van der Waals surface area contributed by atoms with E-state index in [2.05, 4.69) is 52.2 Å². The summed E-state index contributed by atoms with van der Waals surface area (Å²) < 4.78 is 0. The summed E-state index contributed by atoms with van der Waals surface area (Å²) in [5.74, 6) is 1.64. The first-order chi connectivity index (χ1) is 8.45. The molecule has 1 N–H and O–H groups in total. The van der Waals surface area contributed by atoms with Gasteiger partial charge in [-0.15, -0.1) is 11.3 Å². The molecule has 1 fully saturated rings. The topological polar surface area (TPSA) is 12.0 Å². The van der Waals surface area contributed by atoms with Crippen LogP contribution in [-0.2, 0) is 5.41 Å². The molecule has 1 aliphatic rings. The Morgan fingerprint density at radius 3 is 2.56 bits per heavy atom. The van der Waals surface area contributed by atoms with Gasteiger partial charge in [0.1, 0.15) is 0 Å². The van der Waals surface area contributed by atoms with Gasteiger partial charge < -0.3 is 5.32 Å². The zero-order valence-corrected chi connectivity index (χ0v) is 13.2. The first kappa shape index (κ1) is 14.1. The highest BCUT2D eigenvalue weighted by molar-refractivity contribution is 7.12. The van der Waals surface area contributed by atoms with Crippen molar-refractivity contribution in [3.05, 3.63) is 21.9 Å². The molecule has 0 radical (unpaired) electrons. The minimum atomic E-state index is 0.298. The summed E-state index contributed by atoms with van der Waals surface area (Å²) in [5.41, 5.74) is 0.298. The minimum absolute atomic E-state index is 0.298. The summed E-state index contributed by atoms with van der Waals surface area (Å²) in [4.78, 5) is 2.99. The first-order valence-electron chi connectivity index (χ1n) is 7.19. The van der Waals surface area contributed by atoms with E-state index in [4.69, 9.17) is 0 Å². The Labute approximate surface area is 116 Å². The van der Waals surface area contributed by atoms with E-state index < -0.39 is 0 Å². The molecular weight excluding hydrogens is 238 g/mol. The van der Waals surface area contributed by atoms with Gasteiger partial charge in [-0.05, 0) is 50.8 Å². The number of hydrogen-bond acceptors (Lipinski definition) is 2. The van der Waals surface area contributed by atoms with Crippen molar-refractivity contribution in [3.8, 4) is 0 Å². The molecule has 1 heterocycles. The molecule has 0 spiro atoms. The standard InChI is InChI=1S/C16H27NS/c1-11-6-8-13(14(10-11)17-5)16(3,4)15-9-7-12(2)18-15/h7,9,11,13-14,17H,6,8,10H2,1-5H3. The Morgan fingerprint density at radius 2 is 2.00 bits per heavy atom. The largest absolute Gasteiger partial charge is 0.317 e. The predicted molar refractivity (Wildman–Crippen MR) is 81.4 cm³/mol. The molecule has 1 aromatic rings. The molecule has 2 heteroatoms. The third-order valence-electron chi connectivity index (χ3n) is 4.79. The molecule has 3 atom stereocenters. The second-order valence-electron chi connectivity index (χ2n) is 6.55. The lowest BCUT2D eigenvalue weighted by atomic mass is 9.66. The summed E-state index contributed by atoms with van der Waals surface area (Å²) in [6.45, 7) is 9.47. The average Bonchev–Trinajstić information content (AvgIpc) is 2.76. The van der Waals surface area contributed by atoms with Gasteiger partial charge >= 0.3 is 0 Å². The van der Waals surface area contributed by atoms with Crippen molar-refractivity contribution < 1.29 is 0 Å². The molecule has 102 valence electrons. The van der Waals surface area contributed by atoms with E-state index >= 15 is 0 Å². The SMILES string of the molecule is CNC1CC(C)CCC1C(C)(C)c1ccc(C)s1. The Hall–Kier alpha value is -0.340. The van der Waals surface area contributed by atoms with Crippen LogP contribution < -0.4 is 5.32 Å². The maximum Gasteiger partial charge on any atom is 0.0108 e. The number of rotatable bonds is 3. The first-order valence-corrected chi connectivity index (χ1v) is 8.01. The van der Waals surface area contributed by atoms with Crippen LogP contribution in [0.2, 0.25) is 0 Å². The molecule has 0 aromatic carbocycles. The molecule has 0 saturated heterocycles. The van der Waals surface area contributed by atoms with Crippen molar-refractivity contribution >= 4 is 11.3 Å². The number of nitrogens with one attached hydrogen (secondary N) is 1. The zero-order chi connectivity index (χ0) is 13.3. The van der Waals surface area contributed by atoms with E-state index in [9.17, 15) is 0 Å². The monoisotopic (exact) mass is 265 g/mol. The van der Waals surface area contributed by atoms with Crippen molar-refractivity contribution in [1.82, 2.24) is 5.32 Å². The van der Waals surface area contributed by atoms with Gasteiger partial charge in [0, 0.05) is 21.2 Å². The molecule has 2 rings (SSSR count). The Morgan fingerprint density at radius 1 is 1.28 bits per heavy atom. The van der Waals surface area contributed by atoms with Crippen molar-refractivity contribution in [1.29, 1.82) is 0 Å². The van der Waals surface area contributed by atoms with Crippen molar-refractivity contribution in [2.75, 3.05) is 7.05 Å². The van der Waals surface area contributed by atoms with E-state index in [0.717, 1.165) is 11.8 Å². The molecule has 1 aliphatic carbocycles. The fraction of sp³-hybridized carbons (Fsp3) is 0.750.